The van der Waals surface area contributed by atoms with Crippen molar-refractivity contribution in [3.05, 3.63) is 47.5 Å². The van der Waals surface area contributed by atoms with Crippen LogP contribution in [0.3, 0.4) is 0 Å². The number of aliphatic hydroxyl groups excluding tert-OH is 3. The van der Waals surface area contributed by atoms with Gasteiger partial charge in [0.25, 0.3) is 0 Å². The van der Waals surface area contributed by atoms with Crippen molar-refractivity contribution in [2.45, 2.75) is 49.8 Å². The number of aromatic hydroxyl groups is 3. The molecule has 0 saturated carbocycles. The minimum atomic E-state index is -1.66. The first-order valence-corrected chi connectivity index (χ1v) is 9.58. The summed E-state index contributed by atoms with van der Waals surface area (Å²) in [6, 6.07) is 7.90. The van der Waals surface area contributed by atoms with Crippen LogP contribution in [0.25, 0.3) is 0 Å². The van der Waals surface area contributed by atoms with Gasteiger partial charge in [-0.1, -0.05) is 12.1 Å². The van der Waals surface area contributed by atoms with Crippen LogP contribution in [0.1, 0.15) is 28.9 Å². The predicted molar refractivity (Wildman–Crippen MR) is 103 cm³/mol. The van der Waals surface area contributed by atoms with E-state index in [4.69, 9.17) is 14.2 Å². The molecular formula is C21H22O10. The number of phenols is 3. The van der Waals surface area contributed by atoms with Gasteiger partial charge in [0, 0.05) is 12.1 Å². The molecule has 1 saturated heterocycles. The number of ether oxygens (including phenoxy) is 3. The van der Waals surface area contributed by atoms with Gasteiger partial charge >= 0.3 is 0 Å². The number of carbonyl (C=O) groups excluding carboxylic acids is 1. The Morgan fingerprint density at radius 1 is 0.903 bits per heavy atom. The fourth-order valence-electron chi connectivity index (χ4n) is 3.72. The summed E-state index contributed by atoms with van der Waals surface area (Å²) >= 11 is 0. The van der Waals surface area contributed by atoms with Gasteiger partial charge in [-0.3, -0.25) is 4.79 Å². The lowest BCUT2D eigenvalue weighted by Gasteiger charge is -2.42. The minimum Gasteiger partial charge on any atom is -0.508 e. The summed E-state index contributed by atoms with van der Waals surface area (Å²) in [4.78, 5) is 13.3. The number of hydrogen-bond donors (Lipinski definition) is 6. The number of fused-ring (bicyclic) bond motifs is 1. The van der Waals surface area contributed by atoms with Crippen molar-refractivity contribution < 1.29 is 49.6 Å². The zero-order valence-electron chi connectivity index (χ0n) is 16.3. The number of phenolic OH excluding ortho intramolecular Hbond substituents is 3. The van der Waals surface area contributed by atoms with E-state index < -0.39 is 54.4 Å². The summed E-state index contributed by atoms with van der Waals surface area (Å²) in [5, 5.41) is 59.8. The molecule has 1 fully saturated rings. The molecule has 2 aliphatic rings. The second-order valence-electron chi connectivity index (χ2n) is 7.57. The molecule has 0 aliphatic carbocycles. The predicted octanol–water partition coefficient (Wildman–Crippen LogP) is 0.332. The normalized spacial score (nSPS) is 32.9. The van der Waals surface area contributed by atoms with Crippen LogP contribution in [0.2, 0.25) is 0 Å². The Morgan fingerprint density at radius 2 is 1.58 bits per heavy atom. The first-order valence-electron chi connectivity index (χ1n) is 9.58. The highest BCUT2D eigenvalue weighted by Crippen LogP contribution is 2.43. The number of benzene rings is 2. The number of hydrogen-bond acceptors (Lipinski definition) is 10. The van der Waals surface area contributed by atoms with E-state index in [1.807, 2.05) is 0 Å². The summed E-state index contributed by atoms with van der Waals surface area (Å²) in [6.07, 6.45) is -9.49. The lowest BCUT2D eigenvalue weighted by Crippen LogP contribution is -2.59. The smallest absolute Gasteiger partial charge is 0.203 e. The van der Waals surface area contributed by atoms with E-state index in [1.165, 1.54) is 37.3 Å². The molecule has 0 aromatic heterocycles. The van der Waals surface area contributed by atoms with Gasteiger partial charge < -0.3 is 44.8 Å². The lowest BCUT2D eigenvalue weighted by atomic mass is 9.92. The van der Waals surface area contributed by atoms with Crippen molar-refractivity contribution in [1.82, 2.24) is 0 Å². The third-order valence-electron chi connectivity index (χ3n) is 5.41. The number of ketones is 1. The largest absolute Gasteiger partial charge is 0.508 e. The van der Waals surface area contributed by atoms with Crippen molar-refractivity contribution >= 4 is 5.78 Å². The second kappa shape index (κ2) is 7.98. The standard InChI is InChI=1S/C21H22O10/c1-8-15(25)17(27)18(28)21(29-8)31-20-16(26)14-12(24)6-11(23)7-13(14)30-19(20)9-2-4-10(22)5-3-9/h2-8,15,17-25,27-28H,1H3/t8-,15+,17-,18-,19-,20-,21+/m0/s1. The third kappa shape index (κ3) is 3.80. The molecule has 2 aliphatic heterocycles. The van der Waals surface area contributed by atoms with Crippen molar-refractivity contribution in [3.8, 4) is 23.0 Å². The average molecular weight is 434 g/mol. The number of rotatable bonds is 3. The van der Waals surface area contributed by atoms with Gasteiger partial charge in [-0.05, 0) is 24.6 Å². The van der Waals surface area contributed by atoms with E-state index in [1.54, 1.807) is 0 Å². The molecule has 0 bridgehead atoms. The fourth-order valence-corrected chi connectivity index (χ4v) is 3.72. The van der Waals surface area contributed by atoms with E-state index >= 15 is 0 Å². The van der Waals surface area contributed by atoms with E-state index in [9.17, 15) is 35.4 Å². The molecule has 10 nitrogen and oxygen atoms in total. The Bertz CT molecular complexity index is 975. The molecule has 2 aromatic rings. The van der Waals surface area contributed by atoms with Crippen molar-refractivity contribution in [3.63, 3.8) is 0 Å². The van der Waals surface area contributed by atoms with E-state index in [2.05, 4.69) is 0 Å². The molecule has 6 N–H and O–H groups in total. The molecular weight excluding hydrogens is 412 g/mol. The summed E-state index contributed by atoms with van der Waals surface area (Å²) in [7, 11) is 0. The molecule has 2 heterocycles. The summed E-state index contributed by atoms with van der Waals surface area (Å²) in [5.41, 5.74) is 0.195. The van der Waals surface area contributed by atoms with Gasteiger partial charge in [0.05, 0.1) is 6.10 Å². The number of Topliss-reactive ketones (excluding diaryl/α,β-unsaturated/α-hetero) is 1. The van der Waals surface area contributed by atoms with Crippen LogP contribution < -0.4 is 4.74 Å². The van der Waals surface area contributed by atoms with Crippen molar-refractivity contribution in [2.75, 3.05) is 0 Å². The quantitative estimate of drug-likeness (QED) is 0.396. The van der Waals surface area contributed by atoms with Crippen LogP contribution in [-0.2, 0) is 9.47 Å². The van der Waals surface area contributed by atoms with Gasteiger partial charge in [0.15, 0.2) is 18.5 Å². The third-order valence-corrected chi connectivity index (χ3v) is 5.41. The van der Waals surface area contributed by atoms with E-state index in [0.29, 0.717) is 5.56 Å². The average Bonchev–Trinajstić information content (AvgIpc) is 2.72. The molecule has 31 heavy (non-hydrogen) atoms. The highest BCUT2D eigenvalue weighted by Gasteiger charge is 2.48. The van der Waals surface area contributed by atoms with Crippen molar-refractivity contribution in [1.29, 1.82) is 0 Å². The van der Waals surface area contributed by atoms with E-state index in [-0.39, 0.29) is 22.8 Å². The van der Waals surface area contributed by atoms with Gasteiger partial charge in [0.2, 0.25) is 5.78 Å². The molecule has 0 amide bonds. The molecule has 4 rings (SSSR count). The molecule has 2 aromatic carbocycles. The second-order valence-corrected chi connectivity index (χ2v) is 7.57. The van der Waals surface area contributed by atoms with Crippen LogP contribution in [0, 0.1) is 0 Å². The van der Waals surface area contributed by atoms with Crippen LogP contribution >= 0.6 is 0 Å². The maximum absolute atomic E-state index is 13.3. The highest BCUT2D eigenvalue weighted by atomic mass is 16.7. The molecule has 0 unspecified atom stereocenters. The van der Waals surface area contributed by atoms with E-state index in [0.717, 1.165) is 6.07 Å². The highest BCUT2D eigenvalue weighted by molar-refractivity contribution is 6.05. The van der Waals surface area contributed by atoms with Crippen LogP contribution in [0.15, 0.2) is 36.4 Å². The fraction of sp³-hybridized carbons (Fsp3) is 0.381. The Labute approximate surface area is 176 Å². The van der Waals surface area contributed by atoms with Gasteiger partial charge in [0.1, 0.15) is 46.9 Å². The summed E-state index contributed by atoms with van der Waals surface area (Å²) in [5.74, 6) is -1.64. The van der Waals surface area contributed by atoms with Crippen LogP contribution in [-0.4, -0.2) is 73.2 Å². The monoisotopic (exact) mass is 434 g/mol. The Balaban J connectivity index is 1.73. The molecule has 0 radical (unpaired) electrons. The minimum absolute atomic E-state index is 0.0176. The van der Waals surface area contributed by atoms with Crippen molar-refractivity contribution in [2.24, 2.45) is 0 Å². The maximum Gasteiger partial charge on any atom is 0.203 e. The molecule has 7 atom stereocenters. The zero-order chi connectivity index (χ0) is 22.4. The Kier molecular flexibility index (Phi) is 5.50. The molecule has 10 heteroatoms. The lowest BCUT2D eigenvalue weighted by molar-refractivity contribution is -0.304. The molecule has 166 valence electrons. The van der Waals surface area contributed by atoms with Crippen LogP contribution in [0.4, 0.5) is 0 Å². The Hall–Kier alpha value is -2.89. The zero-order valence-corrected chi connectivity index (χ0v) is 16.3. The van der Waals surface area contributed by atoms with Gasteiger partial charge in [-0.15, -0.1) is 0 Å². The number of aliphatic hydroxyl groups is 3. The first-order chi connectivity index (χ1) is 14.7. The van der Waals surface area contributed by atoms with Crippen LogP contribution in [0.5, 0.6) is 23.0 Å². The maximum atomic E-state index is 13.3. The summed E-state index contributed by atoms with van der Waals surface area (Å²) in [6.45, 7) is 1.47. The topological polar surface area (TPSA) is 166 Å². The molecule has 0 spiro atoms. The number of carbonyl (C=O) groups is 1. The summed E-state index contributed by atoms with van der Waals surface area (Å²) < 4.78 is 17.0. The Morgan fingerprint density at radius 3 is 2.26 bits per heavy atom. The van der Waals surface area contributed by atoms with Gasteiger partial charge in [-0.2, -0.15) is 0 Å². The van der Waals surface area contributed by atoms with Gasteiger partial charge in [-0.25, -0.2) is 0 Å². The first kappa shape index (κ1) is 21.3. The SMILES string of the molecule is C[C@@H]1O[C@H](O[C@H]2C(=O)c3c(O)cc(O)cc3O[C@H]2c2ccc(O)cc2)[C@@H](O)[C@@H](O)[C@@H]1O.